The second-order valence-corrected chi connectivity index (χ2v) is 8.20. The van der Waals surface area contributed by atoms with Gasteiger partial charge in [0.2, 0.25) is 11.7 Å². The van der Waals surface area contributed by atoms with Crippen molar-refractivity contribution in [2.24, 2.45) is 0 Å². The molecular formula is C25H26N5O+. The Kier molecular flexibility index (Phi) is 4.98. The van der Waals surface area contributed by atoms with Gasteiger partial charge in [-0.3, -0.25) is 4.79 Å². The third-order valence-electron chi connectivity index (χ3n) is 6.06. The molecule has 156 valence electrons. The summed E-state index contributed by atoms with van der Waals surface area (Å²) in [5, 5.41) is 3.55. The number of amides is 1. The SMILES string of the molecule is CC(=O)N1CCc2c(nc([N+]3=C(C)Cc4ccccc43)nc2NCc2ccccc2)C1. The first kappa shape index (κ1) is 19.4. The lowest BCUT2D eigenvalue weighted by Crippen LogP contribution is -2.35. The molecule has 3 heterocycles. The molecule has 1 aromatic heterocycles. The molecule has 2 aromatic carbocycles. The summed E-state index contributed by atoms with van der Waals surface area (Å²) in [6.45, 7) is 5.66. The van der Waals surface area contributed by atoms with Gasteiger partial charge in [0.15, 0.2) is 0 Å². The Morgan fingerprint density at radius 1 is 1.10 bits per heavy atom. The van der Waals surface area contributed by atoms with E-state index in [9.17, 15) is 4.79 Å². The molecule has 2 aliphatic heterocycles. The summed E-state index contributed by atoms with van der Waals surface area (Å²) in [6, 6.07) is 18.7. The average molecular weight is 413 g/mol. The van der Waals surface area contributed by atoms with Crippen LogP contribution in [0.5, 0.6) is 0 Å². The Bertz CT molecular complexity index is 1190. The first-order valence-corrected chi connectivity index (χ1v) is 10.7. The van der Waals surface area contributed by atoms with Gasteiger partial charge >= 0.3 is 5.95 Å². The van der Waals surface area contributed by atoms with E-state index < -0.39 is 0 Å². The van der Waals surface area contributed by atoms with Crippen molar-refractivity contribution < 1.29 is 4.79 Å². The van der Waals surface area contributed by atoms with Crippen molar-refractivity contribution >= 4 is 29.1 Å². The van der Waals surface area contributed by atoms with E-state index in [4.69, 9.17) is 9.97 Å². The van der Waals surface area contributed by atoms with E-state index in [1.807, 2.05) is 23.1 Å². The molecule has 0 aliphatic carbocycles. The molecule has 1 N–H and O–H groups in total. The summed E-state index contributed by atoms with van der Waals surface area (Å²) in [6.07, 6.45) is 1.65. The number of carbonyl (C=O) groups is 1. The van der Waals surface area contributed by atoms with E-state index in [1.54, 1.807) is 6.92 Å². The van der Waals surface area contributed by atoms with Crippen LogP contribution in [0.1, 0.15) is 36.2 Å². The second-order valence-electron chi connectivity index (χ2n) is 8.20. The van der Waals surface area contributed by atoms with Crippen molar-refractivity contribution in [3.63, 3.8) is 0 Å². The van der Waals surface area contributed by atoms with Crippen LogP contribution in [0.15, 0.2) is 54.6 Å². The third-order valence-corrected chi connectivity index (χ3v) is 6.06. The molecule has 6 heteroatoms. The first-order chi connectivity index (χ1) is 15.1. The van der Waals surface area contributed by atoms with Gasteiger partial charge in [-0.25, -0.2) is 0 Å². The van der Waals surface area contributed by atoms with E-state index >= 15 is 0 Å². The Morgan fingerprint density at radius 3 is 2.68 bits per heavy atom. The van der Waals surface area contributed by atoms with Crippen molar-refractivity contribution in [1.82, 2.24) is 19.4 Å². The van der Waals surface area contributed by atoms with Gasteiger partial charge in [-0.05, 0) is 35.5 Å². The van der Waals surface area contributed by atoms with E-state index in [0.29, 0.717) is 25.6 Å². The fourth-order valence-electron chi connectivity index (χ4n) is 4.43. The third kappa shape index (κ3) is 3.69. The van der Waals surface area contributed by atoms with Crippen LogP contribution in [0.4, 0.5) is 17.5 Å². The number of carbonyl (C=O) groups excluding carboxylic acids is 1. The minimum atomic E-state index is 0.0823. The lowest BCUT2D eigenvalue weighted by molar-refractivity contribution is -0.129. The summed E-state index contributed by atoms with van der Waals surface area (Å²) < 4.78 is 2.15. The molecule has 0 atom stereocenters. The maximum absolute atomic E-state index is 12.0. The second kappa shape index (κ2) is 7.95. The van der Waals surface area contributed by atoms with Gasteiger partial charge in [0, 0.05) is 26.4 Å². The van der Waals surface area contributed by atoms with Crippen LogP contribution in [-0.2, 0) is 30.7 Å². The molecule has 0 bridgehead atoms. The zero-order chi connectivity index (χ0) is 21.4. The van der Waals surface area contributed by atoms with Crippen LogP contribution in [0.2, 0.25) is 0 Å². The van der Waals surface area contributed by atoms with Gasteiger partial charge < -0.3 is 10.2 Å². The molecule has 0 saturated heterocycles. The number of fused-ring (bicyclic) bond motifs is 2. The topological polar surface area (TPSA) is 61.1 Å². The van der Waals surface area contributed by atoms with Crippen LogP contribution in [0.3, 0.4) is 0 Å². The molecule has 31 heavy (non-hydrogen) atoms. The maximum atomic E-state index is 12.0. The quantitative estimate of drug-likeness (QED) is 0.662. The summed E-state index contributed by atoms with van der Waals surface area (Å²) >= 11 is 0. The van der Waals surface area contributed by atoms with Crippen LogP contribution >= 0.6 is 0 Å². The van der Waals surface area contributed by atoms with Crippen molar-refractivity contribution in [3.05, 3.63) is 77.0 Å². The number of benzene rings is 2. The Balaban J connectivity index is 1.57. The van der Waals surface area contributed by atoms with Gasteiger partial charge in [-0.1, -0.05) is 53.5 Å². The standard InChI is InChI=1S/C25H26N5O/c1-17-14-20-10-6-7-11-23(20)30(17)25-27-22-16-29(18(2)31)13-12-21(22)24(28-25)26-15-19-8-4-3-5-9-19/h3-11H,12-16H2,1-2H3,(H,26,27,28)/q+1. The van der Waals surface area contributed by atoms with Gasteiger partial charge in [0.25, 0.3) is 0 Å². The van der Waals surface area contributed by atoms with Gasteiger partial charge in [0.05, 0.1) is 17.8 Å². The molecule has 1 amide bonds. The highest BCUT2D eigenvalue weighted by atomic mass is 16.2. The fourth-order valence-corrected chi connectivity index (χ4v) is 4.43. The Hall–Kier alpha value is -3.54. The smallest absolute Gasteiger partial charge is 0.352 e. The zero-order valence-electron chi connectivity index (χ0n) is 17.9. The minimum absolute atomic E-state index is 0.0823. The van der Waals surface area contributed by atoms with E-state index in [-0.39, 0.29) is 5.91 Å². The normalized spacial score (nSPS) is 15.0. The molecule has 5 rings (SSSR count). The van der Waals surface area contributed by atoms with Gasteiger partial charge in [-0.2, -0.15) is 4.58 Å². The molecule has 0 saturated carbocycles. The number of hydrogen-bond donors (Lipinski definition) is 1. The van der Waals surface area contributed by atoms with E-state index in [2.05, 4.69) is 53.2 Å². The number of anilines is 1. The molecular weight excluding hydrogens is 386 g/mol. The molecule has 0 radical (unpaired) electrons. The van der Waals surface area contributed by atoms with Crippen LogP contribution in [0, 0.1) is 0 Å². The summed E-state index contributed by atoms with van der Waals surface area (Å²) in [7, 11) is 0. The minimum Gasteiger partial charge on any atom is -0.352 e. The lowest BCUT2D eigenvalue weighted by atomic mass is 10.1. The largest absolute Gasteiger partial charge is 0.440 e. The van der Waals surface area contributed by atoms with Crippen molar-refractivity contribution in [1.29, 1.82) is 0 Å². The fraction of sp³-hybridized carbons (Fsp3) is 0.280. The number of hydrogen-bond acceptors (Lipinski definition) is 4. The average Bonchev–Trinajstić information content (AvgIpc) is 3.13. The molecule has 0 fully saturated rings. The highest BCUT2D eigenvalue weighted by Gasteiger charge is 2.33. The van der Waals surface area contributed by atoms with Crippen molar-refractivity contribution in [2.45, 2.75) is 39.8 Å². The highest BCUT2D eigenvalue weighted by Crippen LogP contribution is 2.32. The van der Waals surface area contributed by atoms with Crippen molar-refractivity contribution in [3.8, 4) is 0 Å². The van der Waals surface area contributed by atoms with E-state index in [1.165, 1.54) is 16.8 Å². The van der Waals surface area contributed by atoms with E-state index in [0.717, 1.165) is 35.6 Å². The highest BCUT2D eigenvalue weighted by molar-refractivity contribution is 5.94. The van der Waals surface area contributed by atoms with Crippen LogP contribution in [0.25, 0.3) is 0 Å². The Morgan fingerprint density at radius 2 is 1.87 bits per heavy atom. The molecule has 0 unspecified atom stereocenters. The van der Waals surface area contributed by atoms with Crippen molar-refractivity contribution in [2.75, 3.05) is 11.9 Å². The Labute approximate surface area is 182 Å². The molecule has 6 nitrogen and oxygen atoms in total. The number of aromatic nitrogens is 2. The monoisotopic (exact) mass is 412 g/mol. The predicted molar refractivity (Wildman–Crippen MR) is 123 cm³/mol. The van der Waals surface area contributed by atoms with Gasteiger partial charge in [0.1, 0.15) is 11.4 Å². The number of rotatable bonds is 4. The number of nitrogens with one attached hydrogen (secondary N) is 1. The molecule has 2 aliphatic rings. The number of para-hydroxylation sites is 1. The van der Waals surface area contributed by atoms with Crippen LogP contribution < -0.4 is 9.89 Å². The predicted octanol–water partition coefficient (Wildman–Crippen LogP) is 3.85. The summed E-state index contributed by atoms with van der Waals surface area (Å²) in [4.78, 5) is 23.8. The molecule has 0 spiro atoms. The lowest BCUT2D eigenvalue weighted by Gasteiger charge is -2.26. The summed E-state index contributed by atoms with van der Waals surface area (Å²) in [5.41, 5.74) is 6.86. The summed E-state index contributed by atoms with van der Waals surface area (Å²) in [5.74, 6) is 1.62. The number of nitrogens with zero attached hydrogens (tertiary/aromatic N) is 4. The van der Waals surface area contributed by atoms with Gasteiger partial charge in [-0.15, -0.1) is 0 Å². The zero-order valence-corrected chi connectivity index (χ0v) is 17.9. The maximum Gasteiger partial charge on any atom is 0.440 e. The van der Waals surface area contributed by atoms with Crippen LogP contribution in [-0.4, -0.2) is 33.0 Å². The first-order valence-electron chi connectivity index (χ1n) is 10.7. The molecule has 3 aromatic rings.